The van der Waals surface area contributed by atoms with E-state index in [1.807, 2.05) is 36.4 Å². The fraction of sp³-hybridized carbons (Fsp3) is 0.0667. The molecule has 0 amide bonds. The van der Waals surface area contributed by atoms with Crippen molar-refractivity contribution in [1.82, 2.24) is 4.98 Å². The van der Waals surface area contributed by atoms with E-state index >= 15 is 0 Å². The topological polar surface area (TPSA) is 61.9 Å². The van der Waals surface area contributed by atoms with E-state index in [0.717, 1.165) is 22.4 Å². The van der Waals surface area contributed by atoms with Crippen LogP contribution in [0.25, 0.3) is 11.0 Å². The Morgan fingerprint density at radius 3 is 2.79 bits per heavy atom. The first-order valence-electron chi connectivity index (χ1n) is 5.92. The maximum Gasteiger partial charge on any atom is 0.139 e. The van der Waals surface area contributed by atoms with Crippen LogP contribution in [0.1, 0.15) is 11.1 Å². The van der Waals surface area contributed by atoms with Crippen molar-refractivity contribution < 1.29 is 4.42 Å². The molecule has 3 rings (SSSR count). The summed E-state index contributed by atoms with van der Waals surface area (Å²) in [5.74, 6) is 0.801. The minimum Gasteiger partial charge on any atom is -0.464 e. The van der Waals surface area contributed by atoms with E-state index in [1.54, 1.807) is 12.5 Å². The number of nitrogens with one attached hydrogen (secondary N) is 1. The molecule has 0 saturated carbocycles. The highest BCUT2D eigenvalue weighted by Gasteiger charge is 2.04. The molecule has 2 aromatic heterocycles. The van der Waals surface area contributed by atoms with Gasteiger partial charge >= 0.3 is 0 Å². The van der Waals surface area contributed by atoms with Crippen molar-refractivity contribution in [3.63, 3.8) is 0 Å². The highest BCUT2D eigenvalue weighted by atomic mass is 16.3. The highest BCUT2D eigenvalue weighted by molar-refractivity contribution is 5.87. The number of anilines is 1. The summed E-state index contributed by atoms with van der Waals surface area (Å²) in [6, 6.07) is 13.3. The highest BCUT2D eigenvalue weighted by Crippen LogP contribution is 2.22. The quantitative estimate of drug-likeness (QED) is 0.773. The largest absolute Gasteiger partial charge is 0.464 e. The predicted octanol–water partition coefficient (Wildman–Crippen LogP) is 3.31. The SMILES string of the molecule is N#Cc1ccc(CNc2nccc3occc23)cc1. The number of aromatic nitrogens is 1. The van der Waals surface area contributed by atoms with Gasteiger partial charge in [0.05, 0.1) is 23.3 Å². The van der Waals surface area contributed by atoms with E-state index in [4.69, 9.17) is 9.68 Å². The van der Waals surface area contributed by atoms with Crippen LogP contribution in [0.5, 0.6) is 0 Å². The molecule has 4 nitrogen and oxygen atoms in total. The predicted molar refractivity (Wildman–Crippen MR) is 72.5 cm³/mol. The van der Waals surface area contributed by atoms with E-state index < -0.39 is 0 Å². The van der Waals surface area contributed by atoms with Crippen LogP contribution in [0.3, 0.4) is 0 Å². The van der Waals surface area contributed by atoms with Crippen LogP contribution in [0, 0.1) is 11.3 Å². The van der Waals surface area contributed by atoms with Crippen molar-refractivity contribution in [3.8, 4) is 6.07 Å². The second-order valence-electron chi connectivity index (χ2n) is 4.15. The third-order valence-corrected chi connectivity index (χ3v) is 2.92. The van der Waals surface area contributed by atoms with Crippen molar-refractivity contribution in [2.45, 2.75) is 6.54 Å². The molecule has 0 fully saturated rings. The van der Waals surface area contributed by atoms with Crippen LogP contribution < -0.4 is 5.32 Å². The lowest BCUT2D eigenvalue weighted by molar-refractivity contribution is 0.615. The van der Waals surface area contributed by atoms with Gasteiger partial charge in [-0.3, -0.25) is 0 Å². The normalized spacial score (nSPS) is 10.3. The monoisotopic (exact) mass is 249 g/mol. The van der Waals surface area contributed by atoms with Gasteiger partial charge < -0.3 is 9.73 Å². The third kappa shape index (κ3) is 2.26. The molecule has 0 spiro atoms. The summed E-state index contributed by atoms with van der Waals surface area (Å²) in [6.07, 6.45) is 3.37. The number of fused-ring (bicyclic) bond motifs is 1. The zero-order valence-electron chi connectivity index (χ0n) is 10.1. The number of nitriles is 1. The van der Waals surface area contributed by atoms with Crippen molar-refractivity contribution in [2.75, 3.05) is 5.32 Å². The molecule has 19 heavy (non-hydrogen) atoms. The minimum absolute atomic E-state index is 0.656. The Kier molecular flexibility index (Phi) is 2.87. The molecule has 0 unspecified atom stereocenters. The second-order valence-corrected chi connectivity index (χ2v) is 4.15. The lowest BCUT2D eigenvalue weighted by atomic mass is 10.1. The molecule has 1 N–H and O–H groups in total. The molecule has 92 valence electrons. The van der Waals surface area contributed by atoms with Crippen molar-refractivity contribution >= 4 is 16.8 Å². The zero-order valence-corrected chi connectivity index (χ0v) is 10.1. The van der Waals surface area contributed by atoms with Crippen LogP contribution in [-0.4, -0.2) is 4.98 Å². The van der Waals surface area contributed by atoms with Gasteiger partial charge in [0.25, 0.3) is 0 Å². The fourth-order valence-electron chi connectivity index (χ4n) is 1.92. The molecule has 4 heteroatoms. The number of hydrogen-bond acceptors (Lipinski definition) is 4. The van der Waals surface area contributed by atoms with Crippen molar-refractivity contribution in [3.05, 3.63) is 60.0 Å². The zero-order chi connectivity index (χ0) is 13.1. The van der Waals surface area contributed by atoms with Gasteiger partial charge in [-0.15, -0.1) is 0 Å². The standard InChI is InChI=1S/C15H11N3O/c16-9-11-1-3-12(4-2-11)10-18-15-13-6-8-19-14(13)5-7-17-15/h1-8H,10H2,(H,17,18). The lowest BCUT2D eigenvalue weighted by Crippen LogP contribution is -2.01. The summed E-state index contributed by atoms with van der Waals surface area (Å²) in [6.45, 7) is 0.656. The number of rotatable bonds is 3. The van der Waals surface area contributed by atoms with Gasteiger partial charge in [-0.2, -0.15) is 5.26 Å². The molecule has 0 radical (unpaired) electrons. The summed E-state index contributed by atoms with van der Waals surface area (Å²) in [5.41, 5.74) is 2.58. The Labute approximate surface area is 110 Å². The molecular weight excluding hydrogens is 238 g/mol. The summed E-state index contributed by atoms with van der Waals surface area (Å²) in [5, 5.41) is 13.0. The van der Waals surface area contributed by atoms with Gasteiger partial charge in [-0.05, 0) is 29.8 Å². The van der Waals surface area contributed by atoms with Gasteiger partial charge in [-0.1, -0.05) is 12.1 Å². The van der Waals surface area contributed by atoms with E-state index in [9.17, 15) is 0 Å². The Hall–Kier alpha value is -2.80. The molecule has 0 atom stereocenters. The van der Waals surface area contributed by atoms with Crippen LogP contribution in [0.2, 0.25) is 0 Å². The molecule has 0 saturated heterocycles. The van der Waals surface area contributed by atoms with Crippen LogP contribution in [0.4, 0.5) is 5.82 Å². The molecule has 0 bridgehead atoms. The van der Waals surface area contributed by atoms with Crippen LogP contribution >= 0.6 is 0 Å². The van der Waals surface area contributed by atoms with E-state index in [2.05, 4.69) is 16.4 Å². The molecule has 2 heterocycles. The average Bonchev–Trinajstić information content (AvgIpc) is 2.94. The summed E-state index contributed by atoms with van der Waals surface area (Å²) in [4.78, 5) is 4.30. The third-order valence-electron chi connectivity index (χ3n) is 2.92. The molecule has 0 aliphatic carbocycles. The second kappa shape index (κ2) is 4.83. The van der Waals surface area contributed by atoms with Crippen LogP contribution in [-0.2, 0) is 6.54 Å². The molecule has 1 aromatic carbocycles. The number of nitrogens with zero attached hydrogens (tertiary/aromatic N) is 2. The van der Waals surface area contributed by atoms with Crippen molar-refractivity contribution in [2.24, 2.45) is 0 Å². The van der Waals surface area contributed by atoms with Gasteiger partial charge in [0.2, 0.25) is 0 Å². The Morgan fingerprint density at radius 2 is 2.00 bits per heavy atom. The first kappa shape index (κ1) is 11.3. The fourth-order valence-corrected chi connectivity index (χ4v) is 1.92. The Bertz CT molecular complexity index is 738. The number of furan rings is 1. The van der Waals surface area contributed by atoms with Gasteiger partial charge in [0.15, 0.2) is 0 Å². The molecule has 0 aliphatic rings. The van der Waals surface area contributed by atoms with E-state index in [1.165, 1.54) is 0 Å². The summed E-state index contributed by atoms with van der Waals surface area (Å²) in [7, 11) is 0. The van der Waals surface area contributed by atoms with Crippen LogP contribution in [0.15, 0.2) is 53.3 Å². The molecule has 3 aromatic rings. The summed E-state index contributed by atoms with van der Waals surface area (Å²) < 4.78 is 5.32. The molecule has 0 aliphatic heterocycles. The van der Waals surface area contributed by atoms with E-state index in [-0.39, 0.29) is 0 Å². The minimum atomic E-state index is 0.656. The maximum absolute atomic E-state index is 8.75. The smallest absolute Gasteiger partial charge is 0.139 e. The Balaban J connectivity index is 1.78. The average molecular weight is 249 g/mol. The van der Waals surface area contributed by atoms with Gasteiger partial charge in [-0.25, -0.2) is 4.98 Å². The van der Waals surface area contributed by atoms with Gasteiger partial charge in [0.1, 0.15) is 11.4 Å². The number of hydrogen-bond donors (Lipinski definition) is 1. The maximum atomic E-state index is 8.75. The van der Waals surface area contributed by atoms with Gasteiger partial charge in [0, 0.05) is 12.7 Å². The number of benzene rings is 1. The Morgan fingerprint density at radius 1 is 1.16 bits per heavy atom. The van der Waals surface area contributed by atoms with Crippen molar-refractivity contribution in [1.29, 1.82) is 5.26 Å². The van der Waals surface area contributed by atoms with E-state index in [0.29, 0.717) is 12.1 Å². The lowest BCUT2D eigenvalue weighted by Gasteiger charge is -2.06. The number of pyridine rings is 1. The molecular formula is C15H11N3O. The summed E-state index contributed by atoms with van der Waals surface area (Å²) >= 11 is 0. The first-order chi connectivity index (χ1) is 9.36. The first-order valence-corrected chi connectivity index (χ1v) is 5.92.